The van der Waals surface area contributed by atoms with Crippen molar-refractivity contribution in [3.05, 3.63) is 36.0 Å². The van der Waals surface area contributed by atoms with Crippen molar-refractivity contribution in [2.75, 3.05) is 12.9 Å². The molecule has 0 spiro atoms. The van der Waals surface area contributed by atoms with Gasteiger partial charge in [-0.3, -0.25) is 9.48 Å². The Labute approximate surface area is 206 Å². The van der Waals surface area contributed by atoms with Crippen molar-refractivity contribution in [2.24, 2.45) is 0 Å². The average molecular weight is 505 g/mol. The van der Waals surface area contributed by atoms with E-state index >= 15 is 0 Å². The van der Waals surface area contributed by atoms with Gasteiger partial charge in [0, 0.05) is 19.3 Å². The molecule has 0 aliphatic heterocycles. The van der Waals surface area contributed by atoms with Gasteiger partial charge in [0.1, 0.15) is 5.69 Å². The van der Waals surface area contributed by atoms with Crippen molar-refractivity contribution < 1.29 is 17.6 Å². The first-order chi connectivity index (χ1) is 15.8. The number of ketones is 1. The number of hydrogen-bond donors (Lipinski definition) is 0. The summed E-state index contributed by atoms with van der Waals surface area (Å²) in [5, 5.41) is 4.91. The molecule has 6 nitrogen and oxygen atoms in total. The van der Waals surface area contributed by atoms with Gasteiger partial charge in [-0.1, -0.05) is 52.2 Å². The Kier molecular flexibility index (Phi) is 8.25. The fraction of sp³-hybridized carbons (Fsp3) is 0.615. The van der Waals surface area contributed by atoms with Gasteiger partial charge in [-0.25, -0.2) is 8.42 Å². The van der Waals surface area contributed by atoms with Gasteiger partial charge in [-0.2, -0.15) is 5.10 Å². The molecule has 8 heteroatoms. The fourth-order valence-corrected chi connectivity index (χ4v) is 5.85. The number of rotatable bonds is 9. The van der Waals surface area contributed by atoms with Crippen LogP contribution in [0.3, 0.4) is 0 Å². The quantitative estimate of drug-likeness (QED) is 0.223. The predicted molar refractivity (Wildman–Crippen MR) is 140 cm³/mol. The van der Waals surface area contributed by atoms with E-state index in [-0.39, 0.29) is 21.8 Å². The Morgan fingerprint density at radius 2 is 1.74 bits per heavy atom. The van der Waals surface area contributed by atoms with Gasteiger partial charge in [0.05, 0.1) is 16.6 Å². The van der Waals surface area contributed by atoms with Crippen LogP contribution in [-0.2, 0) is 14.3 Å². The molecular weight excluding hydrogens is 464 g/mol. The number of carbonyl (C=O) groups excluding carboxylic acids is 1. The third-order valence-electron chi connectivity index (χ3n) is 7.34. The highest BCUT2D eigenvalue weighted by molar-refractivity contribution is 7.90. The maximum absolute atomic E-state index is 13.0. The molecule has 1 fully saturated rings. The molecule has 0 radical (unpaired) electrons. The fourth-order valence-electron chi connectivity index (χ4n) is 4.13. The zero-order valence-electron chi connectivity index (χ0n) is 21.6. The summed E-state index contributed by atoms with van der Waals surface area (Å²) >= 11 is 0. The molecule has 3 rings (SSSR count). The minimum absolute atomic E-state index is 0.0300. The first-order valence-corrected chi connectivity index (χ1v) is 17.2. The van der Waals surface area contributed by atoms with Crippen LogP contribution in [0.2, 0.25) is 18.1 Å². The Morgan fingerprint density at radius 1 is 1.12 bits per heavy atom. The Morgan fingerprint density at radius 3 is 2.29 bits per heavy atom. The van der Waals surface area contributed by atoms with E-state index in [0.29, 0.717) is 25.1 Å². The molecule has 1 aromatic heterocycles. The van der Waals surface area contributed by atoms with Gasteiger partial charge in [-0.05, 0) is 61.2 Å². The molecule has 1 aromatic carbocycles. The summed E-state index contributed by atoms with van der Waals surface area (Å²) in [6, 6.07) is 9.02. The first kappa shape index (κ1) is 26.8. The van der Waals surface area contributed by atoms with E-state index < -0.39 is 18.2 Å². The van der Waals surface area contributed by atoms with Crippen molar-refractivity contribution in [2.45, 2.75) is 94.8 Å². The van der Waals surface area contributed by atoms with Crippen molar-refractivity contribution in [1.29, 1.82) is 0 Å². The molecule has 1 saturated carbocycles. The lowest BCUT2D eigenvalue weighted by Gasteiger charge is -2.36. The number of nitrogens with zero attached hydrogens (tertiary/aromatic N) is 2. The van der Waals surface area contributed by atoms with E-state index in [1.54, 1.807) is 12.1 Å². The Bertz CT molecular complexity index is 1090. The normalized spacial score (nSPS) is 16.1. The number of hydrogen-bond acceptors (Lipinski definition) is 5. The summed E-state index contributed by atoms with van der Waals surface area (Å²) in [7, 11) is -5.08. The highest BCUT2D eigenvalue weighted by atomic mass is 32.2. The zero-order chi connectivity index (χ0) is 25.1. The van der Waals surface area contributed by atoms with Gasteiger partial charge in [0.15, 0.2) is 23.9 Å². The summed E-state index contributed by atoms with van der Waals surface area (Å²) in [5.74, 6) is 0.0300. The van der Waals surface area contributed by atoms with Crippen LogP contribution in [0.4, 0.5) is 0 Å². The molecule has 0 unspecified atom stereocenters. The molecule has 0 N–H and O–H groups in total. The van der Waals surface area contributed by atoms with Crippen LogP contribution in [0.1, 0.15) is 82.2 Å². The lowest BCUT2D eigenvalue weighted by Crippen LogP contribution is -2.41. The molecule has 0 bridgehead atoms. The second-order valence-electron chi connectivity index (χ2n) is 11.1. The Balaban J connectivity index is 1.78. The number of benzene rings is 1. The molecule has 188 valence electrons. The summed E-state index contributed by atoms with van der Waals surface area (Å²) in [6.07, 6.45) is 7.93. The van der Waals surface area contributed by atoms with Crippen LogP contribution in [0.25, 0.3) is 11.3 Å². The Hall–Kier alpha value is -1.77. The third-order valence-corrected chi connectivity index (χ3v) is 13.0. The van der Waals surface area contributed by atoms with Crippen molar-refractivity contribution in [1.82, 2.24) is 9.78 Å². The zero-order valence-corrected chi connectivity index (χ0v) is 23.4. The topological polar surface area (TPSA) is 78.3 Å². The van der Waals surface area contributed by atoms with Crippen LogP contribution >= 0.6 is 0 Å². The number of aromatic nitrogens is 2. The van der Waals surface area contributed by atoms with Gasteiger partial charge in [0.25, 0.3) is 0 Å². The predicted octanol–water partition coefficient (Wildman–Crippen LogP) is 6.44. The maximum Gasteiger partial charge on any atom is 0.191 e. The van der Waals surface area contributed by atoms with Crippen molar-refractivity contribution >= 4 is 23.9 Å². The third kappa shape index (κ3) is 6.46. The molecular formula is C26H40N2O4SSi. The monoisotopic (exact) mass is 504 g/mol. The molecule has 1 aliphatic rings. The molecule has 0 saturated heterocycles. The standard InChI is InChI=1S/C26H40N2O4SSi/c1-26(2,3)34(5,6)32-18-10-13-25(29)23-19-24(28(27-23)21-11-8-7-9-12-21)20-14-16-22(17-15-20)33(4,30)31/h14-17,19,21H,7-13,18H2,1-6H3. The second-order valence-corrected chi connectivity index (χ2v) is 17.9. The summed E-state index contributed by atoms with van der Waals surface area (Å²) < 4.78 is 32.0. The van der Waals surface area contributed by atoms with Gasteiger partial charge < -0.3 is 4.43 Å². The van der Waals surface area contributed by atoms with Crippen LogP contribution < -0.4 is 0 Å². The van der Waals surface area contributed by atoms with Crippen LogP contribution in [0, 0.1) is 0 Å². The summed E-state index contributed by atoms with van der Waals surface area (Å²) in [4.78, 5) is 13.3. The van der Waals surface area contributed by atoms with Crippen LogP contribution in [0.15, 0.2) is 35.2 Å². The lowest BCUT2D eigenvalue weighted by molar-refractivity contribution is 0.0966. The first-order valence-electron chi connectivity index (χ1n) is 12.4. The largest absolute Gasteiger partial charge is 0.417 e. The van der Waals surface area contributed by atoms with Crippen LogP contribution in [0.5, 0.6) is 0 Å². The molecule has 34 heavy (non-hydrogen) atoms. The average Bonchev–Trinajstić information content (AvgIpc) is 3.21. The van der Waals surface area contributed by atoms with Gasteiger partial charge in [0.2, 0.25) is 0 Å². The molecule has 0 amide bonds. The minimum Gasteiger partial charge on any atom is -0.417 e. The van der Waals surface area contributed by atoms with Crippen molar-refractivity contribution in [3.8, 4) is 11.3 Å². The maximum atomic E-state index is 13.0. The molecule has 0 atom stereocenters. The second kappa shape index (κ2) is 10.5. The molecule has 1 heterocycles. The van der Waals surface area contributed by atoms with E-state index in [0.717, 1.165) is 36.9 Å². The SMILES string of the molecule is CC(C)(C)[Si](C)(C)OCCCC(=O)c1cc(-c2ccc(S(C)(=O)=O)cc2)n(C2CCCCC2)n1. The molecule has 1 aliphatic carbocycles. The number of sulfone groups is 1. The highest BCUT2D eigenvalue weighted by Crippen LogP contribution is 2.37. The van der Waals surface area contributed by atoms with Crippen molar-refractivity contribution in [3.63, 3.8) is 0 Å². The van der Waals surface area contributed by atoms with Gasteiger partial charge in [-0.15, -0.1) is 0 Å². The smallest absolute Gasteiger partial charge is 0.191 e. The van der Waals surface area contributed by atoms with Crippen LogP contribution in [-0.4, -0.2) is 45.2 Å². The van der Waals surface area contributed by atoms with E-state index in [2.05, 4.69) is 33.9 Å². The lowest BCUT2D eigenvalue weighted by atomic mass is 9.95. The summed E-state index contributed by atoms with van der Waals surface area (Å²) in [5.41, 5.74) is 2.25. The highest BCUT2D eigenvalue weighted by Gasteiger charge is 2.36. The van der Waals surface area contributed by atoms with E-state index in [4.69, 9.17) is 9.52 Å². The van der Waals surface area contributed by atoms with E-state index in [9.17, 15) is 13.2 Å². The van der Waals surface area contributed by atoms with E-state index in [1.807, 2.05) is 22.9 Å². The van der Waals surface area contributed by atoms with Gasteiger partial charge >= 0.3 is 0 Å². The van der Waals surface area contributed by atoms with E-state index in [1.165, 1.54) is 12.7 Å². The number of carbonyl (C=O) groups is 1. The number of Topliss-reactive ketones (excluding diaryl/α,β-unsaturated/α-hetero) is 1. The summed E-state index contributed by atoms with van der Waals surface area (Å²) in [6.45, 7) is 11.7. The molecule has 2 aromatic rings. The minimum atomic E-state index is -3.26.